The fourth-order valence-electron chi connectivity index (χ4n) is 1.46. The Bertz CT molecular complexity index is 568. The molecule has 0 aliphatic carbocycles. The number of aldehydes is 1. The average molecular weight is 270 g/mol. The quantitative estimate of drug-likeness (QED) is 0.789. The third-order valence-corrected chi connectivity index (χ3v) is 3.88. The van der Waals surface area contributed by atoms with Crippen LogP contribution >= 0.6 is 22.9 Å². The molecule has 0 saturated heterocycles. The van der Waals surface area contributed by atoms with Crippen molar-refractivity contribution < 1.29 is 9.18 Å². The first kappa shape index (κ1) is 12.2. The number of nitrogens with zero attached hydrogens (tertiary/aromatic N) is 1. The van der Waals surface area contributed by atoms with E-state index in [-0.39, 0.29) is 5.02 Å². The topological polar surface area (TPSA) is 30.0 Å². The Kier molecular flexibility index (Phi) is 3.54. The second kappa shape index (κ2) is 4.94. The number of carbonyl (C=O) groups excluding carboxylic acids is 1. The zero-order valence-corrected chi connectivity index (χ0v) is 10.6. The minimum absolute atomic E-state index is 0.0587. The first-order valence-corrected chi connectivity index (χ1v) is 6.25. The van der Waals surface area contributed by atoms with Crippen molar-refractivity contribution in [2.75, 3.05) is 0 Å². The van der Waals surface area contributed by atoms with Gasteiger partial charge in [-0.25, -0.2) is 9.37 Å². The summed E-state index contributed by atoms with van der Waals surface area (Å²) in [7, 11) is 0. The molecule has 0 saturated carbocycles. The third kappa shape index (κ3) is 2.37. The van der Waals surface area contributed by atoms with Gasteiger partial charge in [-0.05, 0) is 24.6 Å². The molecule has 0 fully saturated rings. The summed E-state index contributed by atoms with van der Waals surface area (Å²) in [6, 6.07) is 4.42. The van der Waals surface area contributed by atoms with Gasteiger partial charge in [0.15, 0.2) is 6.29 Å². The maximum atomic E-state index is 13.0. The Hall–Kier alpha value is -1.26. The van der Waals surface area contributed by atoms with E-state index in [0.29, 0.717) is 10.7 Å². The van der Waals surface area contributed by atoms with Crippen LogP contribution in [-0.2, 0) is 6.42 Å². The molecule has 17 heavy (non-hydrogen) atoms. The molecule has 1 aromatic carbocycles. The number of carbonyl (C=O) groups is 1. The van der Waals surface area contributed by atoms with Gasteiger partial charge >= 0.3 is 0 Å². The molecule has 0 N–H and O–H groups in total. The molecule has 1 heterocycles. The van der Waals surface area contributed by atoms with Gasteiger partial charge in [0.25, 0.3) is 0 Å². The van der Waals surface area contributed by atoms with E-state index in [4.69, 9.17) is 11.6 Å². The van der Waals surface area contributed by atoms with Crippen molar-refractivity contribution in [3.8, 4) is 10.6 Å². The van der Waals surface area contributed by atoms with Crippen molar-refractivity contribution in [1.29, 1.82) is 0 Å². The highest BCUT2D eigenvalue weighted by Gasteiger charge is 2.11. The fraction of sp³-hybridized carbons (Fsp3) is 0.167. The number of aryl methyl sites for hydroxylation is 1. The summed E-state index contributed by atoms with van der Waals surface area (Å²) < 4.78 is 13.0. The first-order chi connectivity index (χ1) is 8.15. The van der Waals surface area contributed by atoms with Crippen molar-refractivity contribution in [2.45, 2.75) is 13.3 Å². The number of benzene rings is 1. The summed E-state index contributed by atoms with van der Waals surface area (Å²) in [5, 5.41) is 0.745. The van der Waals surface area contributed by atoms with Gasteiger partial charge in [0.05, 0.1) is 5.02 Å². The van der Waals surface area contributed by atoms with Crippen LogP contribution in [0.15, 0.2) is 18.2 Å². The van der Waals surface area contributed by atoms with Crippen LogP contribution in [0, 0.1) is 5.82 Å². The number of rotatable bonds is 3. The summed E-state index contributed by atoms with van der Waals surface area (Å²) in [6.45, 7) is 1.96. The molecule has 0 bridgehead atoms. The second-order valence-corrected chi connectivity index (χ2v) is 4.92. The van der Waals surface area contributed by atoms with Crippen molar-refractivity contribution in [1.82, 2.24) is 4.98 Å². The monoisotopic (exact) mass is 269 g/mol. The molecule has 0 radical (unpaired) electrons. The minimum Gasteiger partial charge on any atom is -0.296 e. The van der Waals surface area contributed by atoms with E-state index in [0.717, 1.165) is 23.1 Å². The number of hydrogen-bond donors (Lipinski definition) is 0. The Morgan fingerprint density at radius 1 is 1.53 bits per heavy atom. The maximum Gasteiger partial charge on any atom is 0.169 e. The van der Waals surface area contributed by atoms with Crippen molar-refractivity contribution >= 4 is 29.2 Å². The lowest BCUT2D eigenvalue weighted by Gasteiger charge is -1.97. The highest BCUT2D eigenvalue weighted by Crippen LogP contribution is 2.30. The molecule has 5 heteroatoms. The van der Waals surface area contributed by atoms with Crippen LogP contribution in [-0.4, -0.2) is 11.3 Å². The standard InChI is InChI=1S/C12H9ClFNOS/c1-2-11-10(6-16)15-12(17-11)7-3-4-9(14)8(13)5-7/h3-6H,2H2,1H3. The molecule has 2 nitrogen and oxygen atoms in total. The SMILES string of the molecule is CCc1sc(-c2ccc(F)c(Cl)c2)nc1C=O. The molecule has 0 aliphatic rings. The van der Waals surface area contributed by atoms with Crippen LogP contribution in [0.2, 0.25) is 5.02 Å². The summed E-state index contributed by atoms with van der Waals surface area (Å²) in [5.41, 5.74) is 1.18. The maximum absolute atomic E-state index is 13.0. The van der Waals surface area contributed by atoms with E-state index in [1.54, 1.807) is 6.07 Å². The molecular weight excluding hydrogens is 261 g/mol. The summed E-state index contributed by atoms with van der Waals surface area (Å²) in [6.07, 6.45) is 1.49. The Morgan fingerprint density at radius 2 is 2.29 bits per heavy atom. The molecule has 0 amide bonds. The highest BCUT2D eigenvalue weighted by atomic mass is 35.5. The largest absolute Gasteiger partial charge is 0.296 e. The number of halogens is 2. The fourth-order valence-corrected chi connectivity index (χ4v) is 2.61. The molecule has 2 aromatic rings. The van der Waals surface area contributed by atoms with Crippen LogP contribution in [0.5, 0.6) is 0 Å². The Morgan fingerprint density at radius 3 is 2.82 bits per heavy atom. The van der Waals surface area contributed by atoms with E-state index in [2.05, 4.69) is 4.98 Å². The van der Waals surface area contributed by atoms with Gasteiger partial charge in [-0.3, -0.25) is 4.79 Å². The van der Waals surface area contributed by atoms with Crippen molar-refractivity contribution in [3.63, 3.8) is 0 Å². The molecular formula is C12H9ClFNOS. The smallest absolute Gasteiger partial charge is 0.169 e. The second-order valence-electron chi connectivity index (χ2n) is 3.43. The van der Waals surface area contributed by atoms with Gasteiger partial charge < -0.3 is 0 Å². The molecule has 88 valence electrons. The van der Waals surface area contributed by atoms with Gasteiger partial charge in [0.1, 0.15) is 16.5 Å². The Labute approximate surface area is 107 Å². The summed E-state index contributed by atoms with van der Waals surface area (Å²) >= 11 is 7.14. The van der Waals surface area contributed by atoms with Gasteiger partial charge in [-0.15, -0.1) is 11.3 Å². The number of hydrogen-bond acceptors (Lipinski definition) is 3. The number of aromatic nitrogens is 1. The van der Waals surface area contributed by atoms with Gasteiger partial charge in [-0.2, -0.15) is 0 Å². The normalized spacial score (nSPS) is 10.5. The molecule has 0 aliphatic heterocycles. The van der Waals surface area contributed by atoms with Crippen LogP contribution in [0.4, 0.5) is 4.39 Å². The molecule has 0 atom stereocenters. The predicted octanol–water partition coefficient (Wildman–Crippen LogP) is 3.98. The lowest BCUT2D eigenvalue weighted by molar-refractivity contribution is 0.111. The molecule has 0 spiro atoms. The summed E-state index contributed by atoms with van der Waals surface area (Å²) in [4.78, 5) is 15.9. The lowest BCUT2D eigenvalue weighted by atomic mass is 10.2. The zero-order valence-electron chi connectivity index (χ0n) is 9.04. The van der Waals surface area contributed by atoms with E-state index < -0.39 is 5.82 Å². The van der Waals surface area contributed by atoms with E-state index in [1.165, 1.54) is 23.5 Å². The van der Waals surface area contributed by atoms with E-state index in [1.807, 2.05) is 6.92 Å². The van der Waals surface area contributed by atoms with E-state index in [9.17, 15) is 9.18 Å². The van der Waals surface area contributed by atoms with Crippen LogP contribution in [0.3, 0.4) is 0 Å². The summed E-state index contributed by atoms with van der Waals surface area (Å²) in [5.74, 6) is -0.460. The van der Waals surface area contributed by atoms with Gasteiger partial charge in [0.2, 0.25) is 0 Å². The average Bonchev–Trinajstić information content (AvgIpc) is 2.75. The van der Waals surface area contributed by atoms with Gasteiger partial charge in [0, 0.05) is 10.4 Å². The van der Waals surface area contributed by atoms with Gasteiger partial charge in [-0.1, -0.05) is 18.5 Å². The molecule has 2 rings (SSSR count). The lowest BCUT2D eigenvalue weighted by Crippen LogP contribution is -1.85. The predicted molar refractivity (Wildman–Crippen MR) is 67.3 cm³/mol. The highest BCUT2D eigenvalue weighted by molar-refractivity contribution is 7.15. The van der Waals surface area contributed by atoms with Crippen LogP contribution in [0.25, 0.3) is 10.6 Å². The minimum atomic E-state index is -0.460. The Balaban J connectivity index is 2.49. The zero-order chi connectivity index (χ0) is 12.4. The van der Waals surface area contributed by atoms with Crippen LogP contribution < -0.4 is 0 Å². The van der Waals surface area contributed by atoms with E-state index >= 15 is 0 Å². The molecule has 0 unspecified atom stereocenters. The number of thiazole rings is 1. The van der Waals surface area contributed by atoms with Crippen molar-refractivity contribution in [3.05, 3.63) is 39.6 Å². The van der Waals surface area contributed by atoms with Crippen LogP contribution in [0.1, 0.15) is 22.3 Å². The van der Waals surface area contributed by atoms with Crippen molar-refractivity contribution in [2.24, 2.45) is 0 Å². The first-order valence-electron chi connectivity index (χ1n) is 5.06. The molecule has 1 aromatic heterocycles. The third-order valence-electron chi connectivity index (χ3n) is 2.33.